The first-order valence-electron chi connectivity index (χ1n) is 13.9. The van der Waals surface area contributed by atoms with Gasteiger partial charge >= 0.3 is 18.4 Å². The highest BCUT2D eigenvalue weighted by Crippen LogP contribution is 2.45. The normalized spacial score (nSPS) is 18.5. The van der Waals surface area contributed by atoms with Crippen molar-refractivity contribution in [2.24, 2.45) is 11.8 Å². The summed E-state index contributed by atoms with van der Waals surface area (Å²) < 4.78 is 84.6. The van der Waals surface area contributed by atoms with Crippen LogP contribution in [0.1, 0.15) is 55.0 Å². The van der Waals surface area contributed by atoms with E-state index in [0.717, 1.165) is 29.8 Å². The van der Waals surface area contributed by atoms with Crippen LogP contribution in [0.15, 0.2) is 72.8 Å². The van der Waals surface area contributed by atoms with E-state index < -0.39 is 41.1 Å². The zero-order valence-electron chi connectivity index (χ0n) is 24.0. The number of hydrogen-bond acceptors (Lipinski definition) is 4. The Bertz CT molecular complexity index is 1310. The molecule has 11 heteroatoms. The molecule has 1 amide bonds. The van der Waals surface area contributed by atoms with E-state index in [2.05, 4.69) is 10.2 Å². The van der Waals surface area contributed by atoms with Gasteiger partial charge in [-0.2, -0.15) is 26.3 Å². The van der Waals surface area contributed by atoms with E-state index in [1.807, 2.05) is 19.1 Å². The van der Waals surface area contributed by atoms with Crippen molar-refractivity contribution in [2.45, 2.75) is 57.8 Å². The number of ether oxygens (including phenoxy) is 1. The molecule has 1 saturated heterocycles. The van der Waals surface area contributed by atoms with Gasteiger partial charge in [0.25, 0.3) is 0 Å². The number of piperidine rings is 1. The van der Waals surface area contributed by atoms with Crippen molar-refractivity contribution in [3.63, 3.8) is 0 Å². The summed E-state index contributed by atoms with van der Waals surface area (Å²) in [7, 11) is 0. The number of benzene rings is 3. The van der Waals surface area contributed by atoms with Crippen LogP contribution in [0.4, 0.5) is 36.8 Å². The lowest BCUT2D eigenvalue weighted by molar-refractivity contribution is -0.138. The zero-order chi connectivity index (χ0) is 31.6. The molecule has 1 aliphatic rings. The van der Waals surface area contributed by atoms with Crippen LogP contribution in [-0.2, 0) is 29.2 Å². The standard InChI is InChI=1S/C32H34F6N2O3/c1-20(2)43-29(41)39-27-14-4-22(5-15-27)19-40-17-16-28(21(3)18-40)30(42,23-6-10-25(11-7-23)31(33,34)35)24-8-12-26(13-9-24)32(36,37)38/h4-15,20-21,28,42H,16-19H2,1-3H3,(H,39,41)/t21-,28-/m1/s1. The molecule has 1 fully saturated rings. The molecular weight excluding hydrogens is 574 g/mol. The van der Waals surface area contributed by atoms with Gasteiger partial charge in [-0.3, -0.25) is 10.2 Å². The lowest BCUT2D eigenvalue weighted by atomic mass is 9.68. The predicted molar refractivity (Wildman–Crippen MR) is 150 cm³/mol. The van der Waals surface area contributed by atoms with Crippen molar-refractivity contribution in [1.29, 1.82) is 0 Å². The molecule has 43 heavy (non-hydrogen) atoms. The number of likely N-dealkylation sites (tertiary alicyclic amines) is 1. The minimum atomic E-state index is -4.57. The van der Waals surface area contributed by atoms with Crippen molar-refractivity contribution in [3.05, 3.63) is 101 Å². The molecule has 232 valence electrons. The van der Waals surface area contributed by atoms with E-state index in [4.69, 9.17) is 4.74 Å². The third kappa shape index (κ3) is 7.69. The van der Waals surface area contributed by atoms with Gasteiger partial charge in [-0.15, -0.1) is 0 Å². The summed E-state index contributed by atoms with van der Waals surface area (Å²) in [4.78, 5) is 14.0. The molecule has 0 bridgehead atoms. The number of nitrogens with one attached hydrogen (secondary N) is 1. The number of carbonyl (C=O) groups excluding carboxylic acids is 1. The number of anilines is 1. The summed E-state index contributed by atoms with van der Waals surface area (Å²) in [6, 6.07) is 15.6. The van der Waals surface area contributed by atoms with E-state index in [0.29, 0.717) is 31.7 Å². The van der Waals surface area contributed by atoms with Gasteiger partial charge in [0, 0.05) is 24.7 Å². The average Bonchev–Trinajstić information content (AvgIpc) is 2.92. The van der Waals surface area contributed by atoms with Crippen molar-refractivity contribution in [2.75, 3.05) is 18.4 Å². The van der Waals surface area contributed by atoms with Crippen molar-refractivity contribution in [3.8, 4) is 0 Å². The van der Waals surface area contributed by atoms with Crippen LogP contribution in [0, 0.1) is 11.8 Å². The Balaban J connectivity index is 1.54. The maximum absolute atomic E-state index is 13.3. The molecule has 0 unspecified atom stereocenters. The van der Waals surface area contributed by atoms with E-state index >= 15 is 0 Å². The first kappa shape index (κ1) is 32.3. The molecule has 0 aromatic heterocycles. The third-order valence-corrected chi connectivity index (χ3v) is 7.78. The third-order valence-electron chi connectivity index (χ3n) is 7.78. The van der Waals surface area contributed by atoms with E-state index in [1.165, 1.54) is 24.3 Å². The average molecular weight is 609 g/mol. The van der Waals surface area contributed by atoms with Gasteiger partial charge in [-0.1, -0.05) is 43.3 Å². The minimum absolute atomic E-state index is 0.171. The number of alkyl halides is 6. The van der Waals surface area contributed by atoms with Crippen molar-refractivity contribution >= 4 is 11.8 Å². The predicted octanol–water partition coefficient (Wildman–Crippen LogP) is 8.08. The van der Waals surface area contributed by atoms with E-state index in [-0.39, 0.29) is 23.1 Å². The van der Waals surface area contributed by atoms with Crippen molar-refractivity contribution in [1.82, 2.24) is 4.90 Å². The van der Waals surface area contributed by atoms with Crippen molar-refractivity contribution < 1.29 is 41.0 Å². The maximum Gasteiger partial charge on any atom is 0.416 e. The lowest BCUT2D eigenvalue weighted by Gasteiger charge is -2.46. The Morgan fingerprint density at radius 1 is 0.860 bits per heavy atom. The van der Waals surface area contributed by atoms with Gasteiger partial charge in [0.1, 0.15) is 5.60 Å². The topological polar surface area (TPSA) is 61.8 Å². The molecule has 0 saturated carbocycles. The van der Waals surface area contributed by atoms with Gasteiger partial charge in [0.05, 0.1) is 17.2 Å². The molecule has 2 N–H and O–H groups in total. The largest absolute Gasteiger partial charge is 0.447 e. The molecule has 0 spiro atoms. The Morgan fingerprint density at radius 2 is 1.33 bits per heavy atom. The molecule has 3 aromatic rings. The van der Waals surface area contributed by atoms with E-state index in [9.17, 15) is 36.2 Å². The molecule has 2 atom stereocenters. The lowest BCUT2D eigenvalue weighted by Crippen LogP contribution is -2.48. The Morgan fingerprint density at radius 3 is 1.74 bits per heavy atom. The van der Waals surface area contributed by atoms with E-state index in [1.54, 1.807) is 26.0 Å². The summed E-state index contributed by atoms with van der Waals surface area (Å²) in [6.45, 7) is 7.08. The van der Waals surface area contributed by atoms with Crippen LogP contribution < -0.4 is 5.32 Å². The molecule has 0 aliphatic carbocycles. The number of aliphatic hydroxyl groups is 1. The maximum atomic E-state index is 13.3. The first-order valence-corrected chi connectivity index (χ1v) is 13.9. The second-order valence-corrected chi connectivity index (χ2v) is 11.3. The number of hydrogen-bond donors (Lipinski definition) is 2. The molecule has 1 heterocycles. The molecular formula is C32H34F6N2O3. The summed E-state index contributed by atoms with van der Waals surface area (Å²) >= 11 is 0. The molecule has 3 aromatic carbocycles. The number of nitrogens with zero attached hydrogens (tertiary/aromatic N) is 1. The highest BCUT2D eigenvalue weighted by atomic mass is 19.4. The number of carbonyl (C=O) groups is 1. The monoisotopic (exact) mass is 608 g/mol. The fourth-order valence-corrected chi connectivity index (χ4v) is 5.73. The van der Waals surface area contributed by atoms with Crippen LogP contribution >= 0.6 is 0 Å². The summed E-state index contributed by atoms with van der Waals surface area (Å²) in [5.74, 6) is -0.661. The summed E-state index contributed by atoms with van der Waals surface area (Å²) in [5, 5.41) is 14.9. The molecule has 0 radical (unpaired) electrons. The minimum Gasteiger partial charge on any atom is -0.447 e. The quantitative estimate of drug-likeness (QED) is 0.266. The smallest absolute Gasteiger partial charge is 0.416 e. The number of halogens is 6. The van der Waals surface area contributed by atoms with Crippen LogP contribution in [0.5, 0.6) is 0 Å². The second kappa shape index (κ2) is 12.6. The van der Waals surface area contributed by atoms with Gasteiger partial charge < -0.3 is 9.84 Å². The van der Waals surface area contributed by atoms with Gasteiger partial charge in [-0.05, 0) is 85.8 Å². The summed E-state index contributed by atoms with van der Waals surface area (Å²) in [6.07, 6.45) is -9.50. The van der Waals surface area contributed by atoms with Gasteiger partial charge in [0.2, 0.25) is 0 Å². The highest BCUT2D eigenvalue weighted by Gasteiger charge is 2.45. The highest BCUT2D eigenvalue weighted by molar-refractivity contribution is 5.84. The fraction of sp³-hybridized carbons (Fsp3) is 0.406. The Hall–Kier alpha value is -3.57. The fourth-order valence-electron chi connectivity index (χ4n) is 5.73. The number of rotatable bonds is 7. The Kier molecular flexibility index (Phi) is 9.46. The molecule has 4 rings (SSSR count). The first-order chi connectivity index (χ1) is 20.1. The van der Waals surface area contributed by atoms with Crippen LogP contribution in [0.2, 0.25) is 0 Å². The van der Waals surface area contributed by atoms with Gasteiger partial charge in [-0.25, -0.2) is 4.79 Å². The van der Waals surface area contributed by atoms with Crippen LogP contribution in [-0.4, -0.2) is 35.3 Å². The van der Waals surface area contributed by atoms with Crippen LogP contribution in [0.3, 0.4) is 0 Å². The zero-order valence-corrected chi connectivity index (χ0v) is 24.0. The van der Waals surface area contributed by atoms with Gasteiger partial charge in [0.15, 0.2) is 0 Å². The molecule has 1 aliphatic heterocycles. The molecule has 5 nitrogen and oxygen atoms in total. The second-order valence-electron chi connectivity index (χ2n) is 11.3. The summed E-state index contributed by atoms with van der Waals surface area (Å²) in [5.41, 5.74) is -1.65. The Labute approximate surface area is 246 Å². The SMILES string of the molecule is CC(C)OC(=O)Nc1ccc(CN2CC[C@@H](C(O)(c3ccc(C(F)(F)F)cc3)c3ccc(C(F)(F)F)cc3)[C@H](C)C2)cc1. The van der Waals surface area contributed by atoms with Crippen LogP contribution in [0.25, 0.3) is 0 Å². The number of amides is 1.